The molecular weight excluding hydrogens is 325 g/mol. The molecule has 1 aliphatic heterocycles. The maximum Gasteiger partial charge on any atom is 0.264 e. The van der Waals surface area contributed by atoms with Gasteiger partial charge in [0.15, 0.2) is 5.82 Å². The minimum absolute atomic E-state index is 0.160. The van der Waals surface area contributed by atoms with Crippen molar-refractivity contribution in [3.8, 4) is 5.82 Å². The Hall–Kier alpha value is -3.29. The molecule has 3 aromatic rings. The second-order valence-electron chi connectivity index (χ2n) is 5.90. The van der Waals surface area contributed by atoms with Crippen LogP contribution in [0.2, 0.25) is 0 Å². The zero-order chi connectivity index (χ0) is 17.6. The number of fused-ring (bicyclic) bond motifs is 1. The molecule has 7 nitrogen and oxygen atoms in total. The molecule has 0 radical (unpaired) electrons. The second kappa shape index (κ2) is 5.66. The standard InChI is InChI=1S/C17H14FN5O2/c1-9-16-12(10-2-4-11(18)5-3-10)8-15(25)19-17(16)23(22-9)13-6-7-14(24)21-20-13/h2-7,12H,8H2,1H3,(H,19,25)(H,21,24)/t12-/m1/s1. The zero-order valence-electron chi connectivity index (χ0n) is 13.3. The Balaban J connectivity index is 1.87. The van der Waals surface area contributed by atoms with Crippen LogP contribution in [0.3, 0.4) is 0 Å². The molecule has 2 N–H and O–H groups in total. The molecule has 126 valence electrons. The topological polar surface area (TPSA) is 92.7 Å². The van der Waals surface area contributed by atoms with Crippen molar-refractivity contribution in [2.45, 2.75) is 19.3 Å². The predicted octanol–water partition coefficient (Wildman–Crippen LogP) is 1.88. The molecule has 1 atom stereocenters. The molecule has 0 saturated carbocycles. The SMILES string of the molecule is Cc1nn(-c2ccc(=O)[nH]n2)c2c1[C@@H](c1ccc(F)cc1)CC(=O)N2. The van der Waals surface area contributed by atoms with Gasteiger partial charge in [-0.2, -0.15) is 14.9 Å². The largest absolute Gasteiger partial charge is 0.310 e. The number of aromatic amines is 1. The smallest absolute Gasteiger partial charge is 0.264 e. The van der Waals surface area contributed by atoms with Crippen molar-refractivity contribution in [1.29, 1.82) is 0 Å². The van der Waals surface area contributed by atoms with Crippen molar-refractivity contribution in [2.24, 2.45) is 0 Å². The summed E-state index contributed by atoms with van der Waals surface area (Å²) in [7, 11) is 0. The van der Waals surface area contributed by atoms with Crippen LogP contribution in [-0.4, -0.2) is 25.9 Å². The average molecular weight is 339 g/mol. The van der Waals surface area contributed by atoms with Gasteiger partial charge in [0.2, 0.25) is 5.91 Å². The van der Waals surface area contributed by atoms with E-state index in [0.717, 1.165) is 16.8 Å². The van der Waals surface area contributed by atoms with E-state index >= 15 is 0 Å². The van der Waals surface area contributed by atoms with Crippen molar-refractivity contribution in [1.82, 2.24) is 20.0 Å². The van der Waals surface area contributed by atoms with Crippen LogP contribution in [0.5, 0.6) is 0 Å². The van der Waals surface area contributed by atoms with Crippen LogP contribution in [0.25, 0.3) is 5.82 Å². The van der Waals surface area contributed by atoms with E-state index in [2.05, 4.69) is 20.6 Å². The first kappa shape index (κ1) is 15.3. The number of carbonyl (C=O) groups is 1. The molecule has 25 heavy (non-hydrogen) atoms. The van der Waals surface area contributed by atoms with Crippen molar-refractivity contribution in [3.05, 3.63) is 69.4 Å². The molecule has 0 saturated heterocycles. The van der Waals surface area contributed by atoms with E-state index in [1.807, 2.05) is 6.92 Å². The highest BCUT2D eigenvalue weighted by Crippen LogP contribution is 2.39. The summed E-state index contributed by atoms with van der Waals surface area (Å²) in [5.74, 6) is 0.203. The summed E-state index contributed by atoms with van der Waals surface area (Å²) >= 11 is 0. The van der Waals surface area contributed by atoms with E-state index in [4.69, 9.17) is 0 Å². The molecule has 1 aliphatic rings. The summed E-state index contributed by atoms with van der Waals surface area (Å²) in [5.41, 5.74) is 2.11. The Labute approximate surface area is 141 Å². The van der Waals surface area contributed by atoms with Crippen molar-refractivity contribution >= 4 is 11.7 Å². The van der Waals surface area contributed by atoms with Gasteiger partial charge in [-0.05, 0) is 30.7 Å². The fraction of sp³-hybridized carbons (Fsp3) is 0.176. The van der Waals surface area contributed by atoms with E-state index in [1.54, 1.807) is 12.1 Å². The number of aryl methyl sites for hydroxylation is 1. The number of hydrogen-bond donors (Lipinski definition) is 2. The highest BCUT2D eigenvalue weighted by Gasteiger charge is 2.32. The third kappa shape index (κ3) is 2.61. The number of H-pyrrole nitrogens is 1. The molecular formula is C17H14FN5O2. The lowest BCUT2D eigenvalue weighted by Crippen LogP contribution is -2.25. The molecule has 0 fully saturated rings. The number of rotatable bonds is 2. The number of anilines is 1. The Morgan fingerprint density at radius 2 is 1.92 bits per heavy atom. The lowest BCUT2D eigenvalue weighted by molar-refractivity contribution is -0.116. The van der Waals surface area contributed by atoms with E-state index in [0.29, 0.717) is 11.6 Å². The minimum Gasteiger partial charge on any atom is -0.310 e. The Kier molecular flexibility index (Phi) is 3.45. The van der Waals surface area contributed by atoms with Crippen LogP contribution in [-0.2, 0) is 4.79 Å². The molecule has 8 heteroatoms. The number of amides is 1. The third-order valence-corrected chi connectivity index (χ3v) is 4.26. The van der Waals surface area contributed by atoms with Crippen molar-refractivity contribution in [3.63, 3.8) is 0 Å². The van der Waals surface area contributed by atoms with Crippen LogP contribution in [0.1, 0.15) is 29.2 Å². The molecule has 3 heterocycles. The zero-order valence-corrected chi connectivity index (χ0v) is 13.3. The fourth-order valence-electron chi connectivity index (χ4n) is 3.15. The lowest BCUT2D eigenvalue weighted by atomic mass is 9.86. The van der Waals surface area contributed by atoms with Gasteiger partial charge in [-0.3, -0.25) is 9.59 Å². The van der Waals surface area contributed by atoms with E-state index in [9.17, 15) is 14.0 Å². The first-order valence-electron chi connectivity index (χ1n) is 7.74. The molecule has 4 rings (SSSR count). The quantitative estimate of drug-likeness (QED) is 0.745. The number of nitrogens with zero attached hydrogens (tertiary/aromatic N) is 3. The predicted molar refractivity (Wildman–Crippen MR) is 88.2 cm³/mol. The fourth-order valence-corrected chi connectivity index (χ4v) is 3.15. The minimum atomic E-state index is -0.325. The number of hydrogen-bond acceptors (Lipinski definition) is 4. The van der Waals surface area contributed by atoms with Gasteiger partial charge in [0.1, 0.15) is 11.6 Å². The van der Waals surface area contributed by atoms with Gasteiger partial charge in [-0.1, -0.05) is 12.1 Å². The normalized spacial score (nSPS) is 16.4. The maximum absolute atomic E-state index is 13.2. The summed E-state index contributed by atoms with van der Waals surface area (Å²) < 4.78 is 14.7. The van der Waals surface area contributed by atoms with E-state index in [1.165, 1.54) is 28.9 Å². The van der Waals surface area contributed by atoms with Crippen LogP contribution in [0.4, 0.5) is 10.2 Å². The van der Waals surface area contributed by atoms with Gasteiger partial charge >= 0.3 is 0 Å². The van der Waals surface area contributed by atoms with Crippen LogP contribution < -0.4 is 10.9 Å². The molecule has 0 aliphatic carbocycles. The molecule has 1 amide bonds. The van der Waals surface area contributed by atoms with Gasteiger partial charge in [-0.15, -0.1) is 0 Å². The molecule has 2 aromatic heterocycles. The van der Waals surface area contributed by atoms with Crippen LogP contribution in [0.15, 0.2) is 41.2 Å². The van der Waals surface area contributed by atoms with E-state index in [-0.39, 0.29) is 29.6 Å². The monoisotopic (exact) mass is 339 g/mol. The first-order chi connectivity index (χ1) is 12.0. The van der Waals surface area contributed by atoms with Gasteiger partial charge in [0, 0.05) is 24.0 Å². The summed E-state index contributed by atoms with van der Waals surface area (Å²) in [4.78, 5) is 23.4. The lowest BCUT2D eigenvalue weighted by Gasteiger charge is -2.24. The number of nitrogens with one attached hydrogen (secondary N) is 2. The Morgan fingerprint density at radius 1 is 1.16 bits per heavy atom. The van der Waals surface area contributed by atoms with Gasteiger partial charge in [0.25, 0.3) is 5.56 Å². The van der Waals surface area contributed by atoms with Gasteiger partial charge < -0.3 is 5.32 Å². The molecule has 0 bridgehead atoms. The second-order valence-corrected chi connectivity index (χ2v) is 5.90. The van der Waals surface area contributed by atoms with Gasteiger partial charge in [-0.25, -0.2) is 9.49 Å². The van der Waals surface area contributed by atoms with Crippen LogP contribution >= 0.6 is 0 Å². The molecule has 1 aromatic carbocycles. The third-order valence-electron chi connectivity index (χ3n) is 4.26. The molecule has 0 unspecified atom stereocenters. The molecule has 0 spiro atoms. The highest BCUT2D eigenvalue weighted by atomic mass is 19.1. The number of halogens is 1. The number of carbonyl (C=O) groups excluding carboxylic acids is 1. The first-order valence-corrected chi connectivity index (χ1v) is 7.74. The number of benzene rings is 1. The van der Waals surface area contributed by atoms with Gasteiger partial charge in [0.05, 0.1) is 5.69 Å². The number of aromatic nitrogens is 4. The van der Waals surface area contributed by atoms with E-state index < -0.39 is 0 Å². The summed E-state index contributed by atoms with van der Waals surface area (Å²) in [6.07, 6.45) is 0.254. The Bertz CT molecular complexity index is 1000. The summed E-state index contributed by atoms with van der Waals surface area (Å²) in [6, 6.07) is 8.98. The summed E-state index contributed by atoms with van der Waals surface area (Å²) in [5, 5.41) is 13.6. The maximum atomic E-state index is 13.2. The van der Waals surface area contributed by atoms with Crippen molar-refractivity contribution < 1.29 is 9.18 Å². The summed E-state index contributed by atoms with van der Waals surface area (Å²) in [6.45, 7) is 1.84. The van der Waals surface area contributed by atoms with Crippen molar-refractivity contribution in [2.75, 3.05) is 5.32 Å². The highest BCUT2D eigenvalue weighted by molar-refractivity contribution is 5.95. The average Bonchev–Trinajstić information content (AvgIpc) is 2.92. The Morgan fingerprint density at radius 3 is 2.60 bits per heavy atom. The van der Waals surface area contributed by atoms with Crippen LogP contribution in [0, 0.1) is 12.7 Å².